The normalized spacial score (nSPS) is 10.5. The van der Waals surface area contributed by atoms with Gasteiger partial charge >= 0.3 is 0 Å². The first-order valence-corrected chi connectivity index (χ1v) is 9.65. The fraction of sp³-hybridized carbons (Fsp3) is 0.125. The number of ether oxygens (including phenoxy) is 2. The Morgan fingerprint density at radius 2 is 1.58 bits per heavy atom. The number of hydrazone groups is 1. The van der Waals surface area contributed by atoms with E-state index in [2.05, 4.69) is 15.8 Å². The van der Waals surface area contributed by atoms with E-state index in [0.29, 0.717) is 17.9 Å². The molecule has 0 saturated carbocycles. The summed E-state index contributed by atoms with van der Waals surface area (Å²) in [5, 5.41) is 6.44. The summed E-state index contributed by atoms with van der Waals surface area (Å²) in [6, 6.07) is 23.8. The SMILES string of the molecule is COc1ccc(C(=O)NCC(=O)NN=Cc2ccc(OCc3ccccc3)cc2)cc1. The lowest BCUT2D eigenvalue weighted by molar-refractivity contribution is -0.120. The minimum absolute atomic E-state index is 0.186. The quantitative estimate of drug-likeness (QED) is 0.413. The van der Waals surface area contributed by atoms with Crippen LogP contribution in [0.2, 0.25) is 0 Å². The molecule has 31 heavy (non-hydrogen) atoms. The van der Waals surface area contributed by atoms with E-state index in [-0.39, 0.29) is 12.5 Å². The summed E-state index contributed by atoms with van der Waals surface area (Å²) in [6.07, 6.45) is 1.52. The van der Waals surface area contributed by atoms with Crippen LogP contribution in [0.25, 0.3) is 0 Å². The van der Waals surface area contributed by atoms with Crippen LogP contribution in [0.3, 0.4) is 0 Å². The Hall–Kier alpha value is -4.13. The highest BCUT2D eigenvalue weighted by Crippen LogP contribution is 2.13. The molecule has 3 rings (SSSR count). The summed E-state index contributed by atoms with van der Waals surface area (Å²) in [5.41, 5.74) is 4.71. The number of hydrogen-bond donors (Lipinski definition) is 2. The van der Waals surface area contributed by atoms with Crippen molar-refractivity contribution in [3.8, 4) is 11.5 Å². The van der Waals surface area contributed by atoms with Crippen LogP contribution in [0.15, 0.2) is 84.0 Å². The van der Waals surface area contributed by atoms with Crippen molar-refractivity contribution in [2.24, 2.45) is 5.10 Å². The van der Waals surface area contributed by atoms with E-state index in [1.54, 1.807) is 31.4 Å². The van der Waals surface area contributed by atoms with Crippen LogP contribution < -0.4 is 20.2 Å². The van der Waals surface area contributed by atoms with Crippen molar-refractivity contribution in [3.05, 3.63) is 95.6 Å². The molecule has 0 heterocycles. The van der Waals surface area contributed by atoms with Gasteiger partial charge in [0.2, 0.25) is 0 Å². The van der Waals surface area contributed by atoms with Gasteiger partial charge in [0.1, 0.15) is 18.1 Å². The third kappa shape index (κ3) is 7.01. The molecular weight excluding hydrogens is 394 g/mol. The molecule has 158 valence electrons. The summed E-state index contributed by atoms with van der Waals surface area (Å²) >= 11 is 0. The van der Waals surface area contributed by atoms with Crippen molar-refractivity contribution < 1.29 is 19.1 Å². The molecular formula is C24H23N3O4. The maximum Gasteiger partial charge on any atom is 0.259 e. The summed E-state index contributed by atoms with van der Waals surface area (Å²) in [5.74, 6) is 0.611. The second-order valence-corrected chi connectivity index (χ2v) is 6.55. The third-order valence-electron chi connectivity index (χ3n) is 4.29. The number of hydrogen-bond acceptors (Lipinski definition) is 5. The Morgan fingerprint density at radius 1 is 0.903 bits per heavy atom. The van der Waals surface area contributed by atoms with E-state index in [0.717, 1.165) is 16.9 Å². The second-order valence-electron chi connectivity index (χ2n) is 6.55. The van der Waals surface area contributed by atoms with Gasteiger partial charge in [-0.2, -0.15) is 5.10 Å². The van der Waals surface area contributed by atoms with Crippen molar-refractivity contribution >= 4 is 18.0 Å². The Morgan fingerprint density at radius 3 is 2.26 bits per heavy atom. The molecule has 0 aliphatic rings. The highest BCUT2D eigenvalue weighted by Gasteiger charge is 2.07. The van der Waals surface area contributed by atoms with Crippen LogP contribution in [0, 0.1) is 0 Å². The maximum absolute atomic E-state index is 12.0. The number of carbonyl (C=O) groups is 2. The Balaban J connectivity index is 1.40. The molecule has 7 nitrogen and oxygen atoms in total. The first-order valence-electron chi connectivity index (χ1n) is 9.65. The number of benzene rings is 3. The lowest BCUT2D eigenvalue weighted by Crippen LogP contribution is -2.34. The van der Waals surface area contributed by atoms with E-state index in [1.165, 1.54) is 6.21 Å². The van der Waals surface area contributed by atoms with Crippen LogP contribution in [0.5, 0.6) is 11.5 Å². The van der Waals surface area contributed by atoms with Crippen molar-refractivity contribution in [2.45, 2.75) is 6.61 Å². The van der Waals surface area contributed by atoms with E-state index in [4.69, 9.17) is 9.47 Å². The molecule has 0 spiro atoms. The van der Waals surface area contributed by atoms with Gasteiger partial charge in [-0.15, -0.1) is 0 Å². The van der Waals surface area contributed by atoms with Crippen LogP contribution in [-0.2, 0) is 11.4 Å². The maximum atomic E-state index is 12.0. The number of nitrogens with one attached hydrogen (secondary N) is 2. The summed E-state index contributed by atoms with van der Waals surface area (Å²) in [6.45, 7) is 0.307. The van der Waals surface area contributed by atoms with Crippen molar-refractivity contribution in [2.75, 3.05) is 13.7 Å². The first-order chi connectivity index (χ1) is 15.1. The van der Waals surface area contributed by atoms with E-state index < -0.39 is 5.91 Å². The lowest BCUT2D eigenvalue weighted by atomic mass is 10.2. The fourth-order valence-electron chi connectivity index (χ4n) is 2.61. The lowest BCUT2D eigenvalue weighted by Gasteiger charge is -2.06. The zero-order valence-corrected chi connectivity index (χ0v) is 17.1. The monoisotopic (exact) mass is 417 g/mol. The van der Waals surface area contributed by atoms with E-state index >= 15 is 0 Å². The minimum atomic E-state index is -0.430. The number of amides is 2. The van der Waals surface area contributed by atoms with Gasteiger partial charge in [0.15, 0.2) is 0 Å². The molecule has 3 aromatic carbocycles. The number of rotatable bonds is 9. The Bertz CT molecular complexity index is 1020. The molecule has 0 fully saturated rings. The largest absolute Gasteiger partial charge is 0.497 e. The Labute approximate surface area is 180 Å². The van der Waals surface area contributed by atoms with Gasteiger partial charge in [0.05, 0.1) is 19.9 Å². The van der Waals surface area contributed by atoms with E-state index in [9.17, 15) is 9.59 Å². The summed E-state index contributed by atoms with van der Waals surface area (Å²) in [4.78, 5) is 23.9. The van der Waals surface area contributed by atoms with Crippen molar-refractivity contribution in [1.29, 1.82) is 0 Å². The summed E-state index contributed by atoms with van der Waals surface area (Å²) in [7, 11) is 1.55. The van der Waals surface area contributed by atoms with Gasteiger partial charge in [0.25, 0.3) is 11.8 Å². The molecule has 0 aliphatic carbocycles. The smallest absolute Gasteiger partial charge is 0.259 e. The molecule has 0 bridgehead atoms. The molecule has 0 aromatic heterocycles. The number of nitrogens with zero attached hydrogens (tertiary/aromatic N) is 1. The van der Waals surface area contributed by atoms with Crippen LogP contribution in [0.4, 0.5) is 0 Å². The molecule has 3 aromatic rings. The molecule has 0 saturated heterocycles. The molecule has 0 aliphatic heterocycles. The standard InChI is InChI=1S/C24H23N3O4/c1-30-21-13-9-20(10-14-21)24(29)25-16-23(28)27-26-15-18-7-11-22(12-8-18)31-17-19-5-3-2-4-6-19/h2-15H,16-17H2,1H3,(H,25,29)(H,27,28). The topological polar surface area (TPSA) is 89.0 Å². The van der Waals surface area contributed by atoms with E-state index in [1.807, 2.05) is 54.6 Å². The Kier molecular flexibility index (Phi) is 7.77. The average molecular weight is 417 g/mol. The van der Waals surface area contributed by atoms with Gasteiger partial charge in [-0.3, -0.25) is 9.59 Å². The predicted octanol–water partition coefficient (Wildman–Crippen LogP) is 3.15. The van der Waals surface area contributed by atoms with Gasteiger partial charge in [-0.1, -0.05) is 30.3 Å². The highest BCUT2D eigenvalue weighted by atomic mass is 16.5. The van der Waals surface area contributed by atoms with Gasteiger partial charge in [0, 0.05) is 5.56 Å². The number of methoxy groups -OCH3 is 1. The summed E-state index contributed by atoms with van der Waals surface area (Å²) < 4.78 is 10.8. The van der Waals surface area contributed by atoms with Crippen molar-refractivity contribution in [1.82, 2.24) is 10.7 Å². The minimum Gasteiger partial charge on any atom is -0.497 e. The van der Waals surface area contributed by atoms with Gasteiger partial charge in [-0.05, 0) is 59.7 Å². The zero-order chi connectivity index (χ0) is 21.9. The molecule has 0 unspecified atom stereocenters. The number of carbonyl (C=O) groups excluding carboxylic acids is 2. The van der Waals surface area contributed by atoms with Gasteiger partial charge < -0.3 is 14.8 Å². The molecule has 2 amide bonds. The zero-order valence-electron chi connectivity index (χ0n) is 17.1. The molecule has 0 atom stereocenters. The average Bonchev–Trinajstić information content (AvgIpc) is 2.82. The van der Waals surface area contributed by atoms with Gasteiger partial charge in [-0.25, -0.2) is 5.43 Å². The van der Waals surface area contributed by atoms with Crippen molar-refractivity contribution in [3.63, 3.8) is 0 Å². The highest BCUT2D eigenvalue weighted by molar-refractivity contribution is 5.96. The first kappa shape index (κ1) is 21.6. The fourth-order valence-corrected chi connectivity index (χ4v) is 2.61. The molecule has 7 heteroatoms. The second kappa shape index (κ2) is 11.2. The third-order valence-corrected chi connectivity index (χ3v) is 4.29. The molecule has 2 N–H and O–H groups in total. The van der Waals surface area contributed by atoms with Crippen LogP contribution in [-0.4, -0.2) is 31.7 Å². The molecule has 0 radical (unpaired) electrons. The van der Waals surface area contributed by atoms with Crippen LogP contribution in [0.1, 0.15) is 21.5 Å². The van der Waals surface area contributed by atoms with Crippen LogP contribution >= 0.6 is 0 Å². The predicted molar refractivity (Wildman–Crippen MR) is 118 cm³/mol.